The summed E-state index contributed by atoms with van der Waals surface area (Å²) in [6, 6.07) is 11.5. The quantitative estimate of drug-likeness (QED) is 0.838. The summed E-state index contributed by atoms with van der Waals surface area (Å²) in [7, 11) is 6.92. The molecule has 0 fully saturated rings. The number of hydrogen-bond donors (Lipinski definition) is 1. The zero-order valence-electron chi connectivity index (χ0n) is 14.9. The van der Waals surface area contributed by atoms with Crippen LogP contribution in [0, 0.1) is 5.82 Å². The van der Waals surface area contributed by atoms with Crippen molar-refractivity contribution in [2.75, 3.05) is 34.9 Å². The van der Waals surface area contributed by atoms with Crippen LogP contribution in [0.2, 0.25) is 0 Å². The first-order valence-corrected chi connectivity index (χ1v) is 7.88. The summed E-state index contributed by atoms with van der Waals surface area (Å²) in [6.07, 6.45) is 0. The third-order valence-corrected chi connectivity index (χ3v) is 3.96. The minimum absolute atomic E-state index is 0.0568. The van der Waals surface area contributed by atoms with E-state index in [0.717, 1.165) is 11.3 Å². The highest BCUT2D eigenvalue weighted by atomic mass is 19.1. The van der Waals surface area contributed by atoms with Gasteiger partial charge in [0.1, 0.15) is 17.3 Å². The first-order valence-electron chi connectivity index (χ1n) is 7.88. The van der Waals surface area contributed by atoms with Crippen molar-refractivity contribution in [3.63, 3.8) is 0 Å². The SMILES string of the molecule is COc1cccc(C(CNC(=O)c2cc(F)ccc2OC)N(C)C)c1. The van der Waals surface area contributed by atoms with Gasteiger partial charge in [-0.25, -0.2) is 4.39 Å². The lowest BCUT2D eigenvalue weighted by Gasteiger charge is -2.25. The second-order valence-electron chi connectivity index (χ2n) is 5.81. The highest BCUT2D eigenvalue weighted by Gasteiger charge is 2.18. The van der Waals surface area contributed by atoms with Crippen molar-refractivity contribution in [2.45, 2.75) is 6.04 Å². The topological polar surface area (TPSA) is 50.8 Å². The molecule has 0 heterocycles. The fourth-order valence-electron chi connectivity index (χ4n) is 2.59. The normalized spacial score (nSPS) is 11.9. The molecule has 2 rings (SSSR count). The van der Waals surface area contributed by atoms with E-state index < -0.39 is 5.82 Å². The zero-order chi connectivity index (χ0) is 18.4. The van der Waals surface area contributed by atoms with Crippen LogP contribution in [0.25, 0.3) is 0 Å². The average Bonchev–Trinajstić information content (AvgIpc) is 2.61. The lowest BCUT2D eigenvalue weighted by molar-refractivity contribution is 0.0938. The van der Waals surface area contributed by atoms with Gasteiger partial charge in [0.15, 0.2) is 0 Å². The van der Waals surface area contributed by atoms with Gasteiger partial charge >= 0.3 is 0 Å². The van der Waals surface area contributed by atoms with Gasteiger partial charge in [0, 0.05) is 6.54 Å². The van der Waals surface area contributed by atoms with Crippen LogP contribution in [-0.2, 0) is 0 Å². The van der Waals surface area contributed by atoms with Crippen molar-refractivity contribution >= 4 is 5.91 Å². The Morgan fingerprint density at radius 2 is 1.92 bits per heavy atom. The maximum atomic E-state index is 13.5. The van der Waals surface area contributed by atoms with Gasteiger partial charge in [-0.15, -0.1) is 0 Å². The van der Waals surface area contributed by atoms with Crippen molar-refractivity contribution in [3.8, 4) is 11.5 Å². The van der Waals surface area contributed by atoms with Gasteiger partial charge in [-0.2, -0.15) is 0 Å². The van der Waals surface area contributed by atoms with Gasteiger partial charge in [-0.1, -0.05) is 12.1 Å². The van der Waals surface area contributed by atoms with Crippen LogP contribution in [0.4, 0.5) is 4.39 Å². The van der Waals surface area contributed by atoms with E-state index in [1.165, 1.54) is 25.3 Å². The van der Waals surface area contributed by atoms with Crippen LogP contribution in [0.1, 0.15) is 22.0 Å². The van der Waals surface area contributed by atoms with E-state index >= 15 is 0 Å². The van der Waals surface area contributed by atoms with E-state index in [1.54, 1.807) is 7.11 Å². The molecule has 1 unspecified atom stereocenters. The Morgan fingerprint density at radius 3 is 2.56 bits per heavy atom. The summed E-state index contributed by atoms with van der Waals surface area (Å²) in [5.74, 6) is 0.221. The number of halogens is 1. The summed E-state index contributed by atoms with van der Waals surface area (Å²) in [4.78, 5) is 14.5. The summed E-state index contributed by atoms with van der Waals surface area (Å²) >= 11 is 0. The zero-order valence-corrected chi connectivity index (χ0v) is 14.9. The van der Waals surface area contributed by atoms with Crippen molar-refractivity contribution in [1.82, 2.24) is 10.2 Å². The van der Waals surface area contributed by atoms with Crippen molar-refractivity contribution in [1.29, 1.82) is 0 Å². The lowest BCUT2D eigenvalue weighted by atomic mass is 10.1. The Balaban J connectivity index is 2.16. The Kier molecular flexibility index (Phi) is 6.36. The molecule has 1 N–H and O–H groups in total. The van der Waals surface area contributed by atoms with Crippen LogP contribution in [0.5, 0.6) is 11.5 Å². The number of carbonyl (C=O) groups is 1. The molecule has 0 saturated heterocycles. The number of carbonyl (C=O) groups excluding carboxylic acids is 1. The van der Waals surface area contributed by atoms with Crippen LogP contribution < -0.4 is 14.8 Å². The minimum Gasteiger partial charge on any atom is -0.497 e. The van der Waals surface area contributed by atoms with E-state index in [2.05, 4.69) is 5.32 Å². The number of amides is 1. The van der Waals surface area contributed by atoms with Crippen molar-refractivity contribution in [3.05, 3.63) is 59.4 Å². The molecule has 0 aliphatic rings. The first-order chi connectivity index (χ1) is 12.0. The van der Waals surface area contributed by atoms with Crippen LogP contribution >= 0.6 is 0 Å². The molecule has 0 bridgehead atoms. The molecule has 0 aromatic heterocycles. The van der Waals surface area contributed by atoms with Gasteiger partial charge in [0.05, 0.1) is 25.8 Å². The monoisotopic (exact) mass is 346 g/mol. The number of rotatable bonds is 7. The Hall–Kier alpha value is -2.60. The first kappa shape index (κ1) is 18.7. The van der Waals surface area contributed by atoms with E-state index in [1.807, 2.05) is 43.3 Å². The van der Waals surface area contributed by atoms with E-state index in [9.17, 15) is 9.18 Å². The molecule has 0 aliphatic carbocycles. The van der Waals surface area contributed by atoms with Gasteiger partial charge < -0.3 is 19.7 Å². The predicted molar refractivity (Wildman–Crippen MR) is 94.7 cm³/mol. The number of ether oxygens (including phenoxy) is 2. The molecule has 0 radical (unpaired) electrons. The highest BCUT2D eigenvalue weighted by Crippen LogP contribution is 2.23. The lowest BCUT2D eigenvalue weighted by Crippen LogP contribution is -2.34. The molecule has 134 valence electrons. The maximum absolute atomic E-state index is 13.5. The van der Waals surface area contributed by atoms with Crippen LogP contribution in [-0.4, -0.2) is 45.7 Å². The average molecular weight is 346 g/mol. The molecule has 0 saturated carbocycles. The van der Waals surface area contributed by atoms with E-state index in [4.69, 9.17) is 9.47 Å². The fraction of sp³-hybridized carbons (Fsp3) is 0.316. The number of likely N-dealkylation sites (N-methyl/N-ethyl adjacent to an activating group) is 1. The molecule has 0 aliphatic heterocycles. The molecule has 25 heavy (non-hydrogen) atoms. The molecule has 2 aromatic carbocycles. The summed E-state index contributed by atoms with van der Waals surface area (Å²) < 4.78 is 23.9. The second-order valence-corrected chi connectivity index (χ2v) is 5.81. The number of benzene rings is 2. The van der Waals surface area contributed by atoms with Gasteiger partial charge in [-0.3, -0.25) is 4.79 Å². The Bertz CT molecular complexity index is 734. The third-order valence-electron chi connectivity index (χ3n) is 3.96. The van der Waals surface area contributed by atoms with Crippen molar-refractivity contribution in [2.24, 2.45) is 0 Å². The molecule has 5 nitrogen and oxygen atoms in total. The fourth-order valence-corrected chi connectivity index (χ4v) is 2.59. The van der Waals surface area contributed by atoms with Gasteiger partial charge in [-0.05, 0) is 50.0 Å². The highest BCUT2D eigenvalue weighted by molar-refractivity contribution is 5.96. The number of methoxy groups -OCH3 is 2. The number of nitrogens with zero attached hydrogens (tertiary/aromatic N) is 1. The summed E-state index contributed by atoms with van der Waals surface area (Å²) in [5.41, 5.74) is 1.18. The molecular formula is C19H23FN2O3. The van der Waals surface area contributed by atoms with Gasteiger partial charge in [0.2, 0.25) is 0 Å². The standard InChI is InChI=1S/C19H23FN2O3/c1-22(2)17(13-6-5-7-15(10-13)24-3)12-21-19(23)16-11-14(20)8-9-18(16)25-4/h5-11,17H,12H2,1-4H3,(H,21,23). The molecule has 1 amide bonds. The van der Waals surface area contributed by atoms with Crippen molar-refractivity contribution < 1.29 is 18.7 Å². The second kappa shape index (κ2) is 8.48. The molecule has 6 heteroatoms. The minimum atomic E-state index is -0.483. The van der Waals surface area contributed by atoms with Crippen LogP contribution in [0.3, 0.4) is 0 Å². The third kappa shape index (κ3) is 4.70. The van der Waals surface area contributed by atoms with E-state index in [-0.39, 0.29) is 17.5 Å². The Morgan fingerprint density at radius 1 is 1.16 bits per heavy atom. The molecule has 0 spiro atoms. The smallest absolute Gasteiger partial charge is 0.255 e. The molecular weight excluding hydrogens is 323 g/mol. The summed E-state index contributed by atoms with van der Waals surface area (Å²) in [5, 5.41) is 2.85. The van der Waals surface area contributed by atoms with E-state index in [0.29, 0.717) is 12.3 Å². The molecule has 2 aromatic rings. The maximum Gasteiger partial charge on any atom is 0.255 e. The molecule has 1 atom stereocenters. The largest absolute Gasteiger partial charge is 0.497 e. The predicted octanol–water partition coefficient (Wildman–Crippen LogP) is 2.88. The summed E-state index contributed by atoms with van der Waals surface area (Å²) in [6.45, 7) is 0.360. The number of nitrogens with one attached hydrogen (secondary N) is 1. The Labute approximate surface area is 147 Å². The van der Waals surface area contributed by atoms with Gasteiger partial charge in [0.25, 0.3) is 5.91 Å². The number of hydrogen-bond acceptors (Lipinski definition) is 4. The van der Waals surface area contributed by atoms with Crippen LogP contribution in [0.15, 0.2) is 42.5 Å².